The predicted molar refractivity (Wildman–Crippen MR) is 84.0 cm³/mol. The highest BCUT2D eigenvalue weighted by atomic mass is 79.9. The van der Waals surface area contributed by atoms with Crippen LogP contribution in [0.3, 0.4) is 0 Å². The van der Waals surface area contributed by atoms with E-state index in [1.807, 2.05) is 13.0 Å². The van der Waals surface area contributed by atoms with Crippen molar-refractivity contribution in [2.24, 2.45) is 11.7 Å². The van der Waals surface area contributed by atoms with Crippen LogP contribution in [0.25, 0.3) is 0 Å². The van der Waals surface area contributed by atoms with Crippen molar-refractivity contribution in [1.82, 2.24) is 0 Å². The van der Waals surface area contributed by atoms with Gasteiger partial charge in [-0.2, -0.15) is 5.26 Å². The third-order valence-electron chi connectivity index (χ3n) is 2.90. The maximum Gasteiger partial charge on any atom is 0.0640 e. The Kier molecular flexibility index (Phi) is 6.33. The van der Waals surface area contributed by atoms with Crippen LogP contribution in [-0.2, 0) is 0 Å². The van der Waals surface area contributed by atoms with Gasteiger partial charge in [0.05, 0.1) is 12.5 Å². The van der Waals surface area contributed by atoms with Crippen molar-refractivity contribution < 1.29 is 0 Å². The van der Waals surface area contributed by atoms with Crippen molar-refractivity contribution in [3.05, 3.63) is 28.2 Å². The summed E-state index contributed by atoms with van der Waals surface area (Å²) in [6.45, 7) is 8.03. The fourth-order valence-electron chi connectivity index (χ4n) is 2.11. The van der Waals surface area contributed by atoms with Crippen molar-refractivity contribution in [3.63, 3.8) is 0 Å². The molecule has 0 fully saturated rings. The average Bonchev–Trinajstić information content (AvgIpc) is 2.33. The van der Waals surface area contributed by atoms with Gasteiger partial charge >= 0.3 is 0 Å². The number of nitrogens with zero attached hydrogens (tertiary/aromatic N) is 2. The van der Waals surface area contributed by atoms with Crippen LogP contribution in [0.1, 0.15) is 38.8 Å². The summed E-state index contributed by atoms with van der Waals surface area (Å²) in [4.78, 5) is 2.26. The highest BCUT2D eigenvalue weighted by Crippen LogP contribution is 2.29. The number of benzene rings is 1. The zero-order valence-corrected chi connectivity index (χ0v) is 13.4. The van der Waals surface area contributed by atoms with Gasteiger partial charge in [-0.1, -0.05) is 35.8 Å². The van der Waals surface area contributed by atoms with E-state index < -0.39 is 0 Å². The maximum atomic E-state index is 8.82. The van der Waals surface area contributed by atoms with Crippen molar-refractivity contribution >= 4 is 21.6 Å². The van der Waals surface area contributed by atoms with Crippen LogP contribution >= 0.6 is 15.9 Å². The van der Waals surface area contributed by atoms with E-state index >= 15 is 0 Å². The highest BCUT2D eigenvalue weighted by Gasteiger charge is 2.15. The number of anilines is 1. The van der Waals surface area contributed by atoms with E-state index in [1.54, 1.807) is 0 Å². The van der Waals surface area contributed by atoms with E-state index in [0.717, 1.165) is 28.8 Å². The highest BCUT2D eigenvalue weighted by molar-refractivity contribution is 9.10. The summed E-state index contributed by atoms with van der Waals surface area (Å²) in [6, 6.07) is 8.37. The summed E-state index contributed by atoms with van der Waals surface area (Å²) in [5, 5.41) is 8.82. The van der Waals surface area contributed by atoms with Crippen molar-refractivity contribution in [1.29, 1.82) is 5.26 Å². The largest absolute Gasteiger partial charge is 0.370 e. The van der Waals surface area contributed by atoms with Gasteiger partial charge in [-0.3, -0.25) is 0 Å². The summed E-state index contributed by atoms with van der Waals surface area (Å²) in [7, 11) is 0. The van der Waals surface area contributed by atoms with Crippen LogP contribution in [0.4, 0.5) is 5.69 Å². The molecule has 0 bridgehead atoms. The summed E-state index contributed by atoms with van der Waals surface area (Å²) in [5.41, 5.74) is 8.31. The lowest BCUT2D eigenvalue weighted by Crippen LogP contribution is -2.30. The molecule has 0 aliphatic heterocycles. The number of nitriles is 1. The van der Waals surface area contributed by atoms with Gasteiger partial charge in [0.25, 0.3) is 0 Å². The molecule has 0 saturated carbocycles. The monoisotopic (exact) mass is 323 g/mol. The Morgan fingerprint density at radius 1 is 1.37 bits per heavy atom. The van der Waals surface area contributed by atoms with E-state index in [9.17, 15) is 0 Å². The summed E-state index contributed by atoms with van der Waals surface area (Å²) >= 11 is 3.52. The molecule has 0 aromatic heterocycles. The molecule has 4 heteroatoms. The fraction of sp³-hybridized carbons (Fsp3) is 0.533. The van der Waals surface area contributed by atoms with Crippen LogP contribution in [0.2, 0.25) is 0 Å². The number of hydrogen-bond donors (Lipinski definition) is 1. The molecule has 0 aliphatic rings. The molecule has 0 heterocycles. The van der Waals surface area contributed by atoms with Crippen LogP contribution in [0.15, 0.2) is 22.7 Å². The third-order valence-corrected chi connectivity index (χ3v) is 3.40. The maximum absolute atomic E-state index is 8.82. The van der Waals surface area contributed by atoms with Gasteiger partial charge < -0.3 is 10.6 Å². The summed E-state index contributed by atoms with van der Waals surface area (Å²) < 4.78 is 1.04. The van der Waals surface area contributed by atoms with E-state index in [4.69, 9.17) is 11.0 Å². The molecule has 0 spiro atoms. The molecular formula is C15H22BrN3. The molecule has 1 atom stereocenters. The van der Waals surface area contributed by atoms with Crippen molar-refractivity contribution in [2.75, 3.05) is 18.0 Å². The van der Waals surface area contributed by atoms with Gasteiger partial charge in [0, 0.05) is 29.3 Å². The molecule has 1 unspecified atom stereocenters. The van der Waals surface area contributed by atoms with E-state index in [1.165, 1.54) is 0 Å². The lowest BCUT2D eigenvalue weighted by molar-refractivity contribution is 0.608. The van der Waals surface area contributed by atoms with Crippen LogP contribution in [-0.4, -0.2) is 13.1 Å². The third kappa shape index (κ3) is 4.85. The first kappa shape index (κ1) is 16.0. The molecular weight excluding hydrogens is 302 g/mol. The van der Waals surface area contributed by atoms with Gasteiger partial charge in [-0.15, -0.1) is 0 Å². The van der Waals surface area contributed by atoms with Gasteiger partial charge in [-0.05, 0) is 30.5 Å². The second-order valence-corrected chi connectivity index (χ2v) is 6.16. The zero-order chi connectivity index (χ0) is 14.4. The minimum Gasteiger partial charge on any atom is -0.370 e. The van der Waals surface area contributed by atoms with E-state index in [0.29, 0.717) is 12.3 Å². The van der Waals surface area contributed by atoms with Crippen LogP contribution < -0.4 is 10.6 Å². The Balaban J connectivity index is 3.12. The first-order chi connectivity index (χ1) is 8.95. The van der Waals surface area contributed by atoms with Gasteiger partial charge in [0.1, 0.15) is 0 Å². The molecule has 3 nitrogen and oxygen atoms in total. The Morgan fingerprint density at radius 3 is 2.58 bits per heavy atom. The zero-order valence-electron chi connectivity index (χ0n) is 11.9. The molecule has 1 rings (SSSR count). The number of nitrogens with two attached hydrogens (primary N) is 1. The molecule has 0 saturated heterocycles. The molecule has 0 amide bonds. The standard InChI is InChI=1S/C15H22BrN3/c1-11(2)10-19(8-4-7-17)15-9-13(16)5-6-14(15)12(3)18/h5-6,9,11-12H,4,8,10,18H2,1-3H3. The van der Waals surface area contributed by atoms with E-state index in [-0.39, 0.29) is 6.04 Å². The Hall–Kier alpha value is -1.05. The summed E-state index contributed by atoms with van der Waals surface area (Å²) in [5.74, 6) is 0.540. The molecule has 2 N–H and O–H groups in total. The average molecular weight is 324 g/mol. The lowest BCUT2D eigenvalue weighted by Gasteiger charge is -2.29. The Labute approximate surface area is 124 Å². The first-order valence-electron chi connectivity index (χ1n) is 6.62. The molecule has 1 aromatic carbocycles. The lowest BCUT2D eigenvalue weighted by atomic mass is 10.0. The normalized spacial score (nSPS) is 12.3. The van der Waals surface area contributed by atoms with Crippen LogP contribution in [0.5, 0.6) is 0 Å². The van der Waals surface area contributed by atoms with Gasteiger partial charge in [-0.25, -0.2) is 0 Å². The molecule has 0 radical (unpaired) electrons. The number of rotatable bonds is 6. The van der Waals surface area contributed by atoms with Gasteiger partial charge in [0.15, 0.2) is 0 Å². The number of hydrogen-bond acceptors (Lipinski definition) is 3. The topological polar surface area (TPSA) is 53.0 Å². The second kappa shape index (κ2) is 7.52. The number of halogens is 1. The van der Waals surface area contributed by atoms with Crippen LogP contribution in [0, 0.1) is 17.2 Å². The molecule has 0 aliphatic carbocycles. The SMILES string of the molecule is CC(C)CN(CCC#N)c1cc(Br)ccc1C(C)N. The van der Waals surface area contributed by atoms with Crippen molar-refractivity contribution in [2.45, 2.75) is 33.2 Å². The van der Waals surface area contributed by atoms with Gasteiger partial charge in [0.2, 0.25) is 0 Å². The van der Waals surface area contributed by atoms with Crippen molar-refractivity contribution in [3.8, 4) is 6.07 Å². The molecule has 1 aromatic rings. The van der Waals surface area contributed by atoms with E-state index in [2.05, 4.69) is 52.9 Å². The second-order valence-electron chi connectivity index (χ2n) is 5.24. The predicted octanol–water partition coefficient (Wildman–Crippen LogP) is 3.84. The molecule has 104 valence electrons. The summed E-state index contributed by atoms with van der Waals surface area (Å²) in [6.07, 6.45) is 0.525. The Bertz CT molecular complexity index is 449. The smallest absolute Gasteiger partial charge is 0.0640 e. The quantitative estimate of drug-likeness (QED) is 0.865. The fourth-order valence-corrected chi connectivity index (χ4v) is 2.46. The first-order valence-corrected chi connectivity index (χ1v) is 7.42. The Morgan fingerprint density at radius 2 is 2.05 bits per heavy atom. The molecule has 19 heavy (non-hydrogen) atoms. The minimum atomic E-state index is -0.0140. The minimum absolute atomic E-state index is 0.0140.